The van der Waals surface area contributed by atoms with Gasteiger partial charge in [-0.25, -0.2) is 0 Å². The van der Waals surface area contributed by atoms with Crippen LogP contribution in [0, 0.1) is 17.8 Å². The Kier molecular flexibility index (Phi) is 2.81. The number of hydrogen-bond acceptors (Lipinski definition) is 2. The first kappa shape index (κ1) is 12.6. The van der Waals surface area contributed by atoms with Gasteiger partial charge in [0.1, 0.15) is 0 Å². The highest BCUT2D eigenvalue weighted by molar-refractivity contribution is 5.26. The van der Waals surface area contributed by atoms with Gasteiger partial charge in [0.15, 0.2) is 0 Å². The second-order valence-corrected chi connectivity index (χ2v) is 7.39. The number of rotatable bonds is 4. The van der Waals surface area contributed by atoms with E-state index in [1.165, 1.54) is 44.2 Å². The molecule has 0 amide bonds. The van der Waals surface area contributed by atoms with Crippen LogP contribution in [0.3, 0.4) is 0 Å². The molecule has 1 heterocycles. The molecule has 4 saturated carbocycles. The van der Waals surface area contributed by atoms with Crippen molar-refractivity contribution in [1.82, 2.24) is 9.78 Å². The molecule has 0 radical (unpaired) electrons. The Labute approximate surface area is 121 Å². The van der Waals surface area contributed by atoms with Crippen LogP contribution in [0.15, 0.2) is 18.7 Å². The normalized spacial score (nSPS) is 38.4. The molecule has 0 aliphatic heterocycles. The van der Waals surface area contributed by atoms with Crippen molar-refractivity contribution in [3.05, 3.63) is 30.1 Å². The molecule has 1 aromatic heterocycles. The van der Waals surface area contributed by atoms with Crippen molar-refractivity contribution in [2.75, 3.05) is 0 Å². The van der Waals surface area contributed by atoms with Gasteiger partial charge in [-0.2, -0.15) is 5.10 Å². The molecule has 0 atom stereocenters. The fourth-order valence-corrected chi connectivity index (χ4v) is 5.68. The summed E-state index contributed by atoms with van der Waals surface area (Å²) >= 11 is 0. The molecule has 3 nitrogen and oxygen atoms in total. The van der Waals surface area contributed by atoms with Crippen LogP contribution < -0.4 is 5.73 Å². The first-order valence-electron chi connectivity index (χ1n) is 8.10. The molecule has 4 aliphatic rings. The van der Waals surface area contributed by atoms with E-state index in [1.807, 2.05) is 6.08 Å². The molecule has 0 aromatic carbocycles. The SMILES string of the molecule is C=CCn1nc(CN)cc1C12CC3CC(CC(C3)C1)C2. The van der Waals surface area contributed by atoms with Crippen LogP contribution in [-0.2, 0) is 18.5 Å². The lowest BCUT2D eigenvalue weighted by molar-refractivity contribution is -0.00911. The van der Waals surface area contributed by atoms with Gasteiger partial charge in [0.2, 0.25) is 0 Å². The highest BCUT2D eigenvalue weighted by atomic mass is 15.3. The van der Waals surface area contributed by atoms with Gasteiger partial charge in [0.05, 0.1) is 12.2 Å². The summed E-state index contributed by atoms with van der Waals surface area (Å²) in [7, 11) is 0. The molecule has 2 N–H and O–H groups in total. The molecule has 4 aliphatic carbocycles. The largest absolute Gasteiger partial charge is 0.325 e. The minimum Gasteiger partial charge on any atom is -0.325 e. The van der Waals surface area contributed by atoms with Gasteiger partial charge in [-0.1, -0.05) is 6.08 Å². The highest BCUT2D eigenvalue weighted by Crippen LogP contribution is 2.60. The Morgan fingerprint density at radius 3 is 2.35 bits per heavy atom. The zero-order valence-electron chi connectivity index (χ0n) is 12.2. The molecule has 0 saturated heterocycles. The maximum Gasteiger partial charge on any atom is 0.0763 e. The second kappa shape index (κ2) is 4.45. The average molecular weight is 271 g/mol. The Morgan fingerprint density at radius 2 is 1.85 bits per heavy atom. The van der Waals surface area contributed by atoms with E-state index in [0.717, 1.165) is 30.0 Å². The summed E-state index contributed by atoms with van der Waals surface area (Å²) in [6.45, 7) is 5.25. The van der Waals surface area contributed by atoms with Crippen molar-refractivity contribution in [2.45, 2.75) is 57.0 Å². The molecule has 5 rings (SSSR count). The topological polar surface area (TPSA) is 43.8 Å². The third kappa shape index (κ3) is 1.79. The first-order valence-corrected chi connectivity index (χ1v) is 8.10. The predicted octanol–water partition coefficient (Wildman–Crippen LogP) is 3.00. The summed E-state index contributed by atoms with van der Waals surface area (Å²) < 4.78 is 2.18. The number of aromatic nitrogens is 2. The van der Waals surface area contributed by atoms with Gasteiger partial charge in [-0.05, 0) is 62.3 Å². The van der Waals surface area contributed by atoms with E-state index in [1.54, 1.807) is 0 Å². The predicted molar refractivity (Wildman–Crippen MR) is 80.2 cm³/mol. The number of nitrogens with zero attached hydrogens (tertiary/aromatic N) is 2. The minimum atomic E-state index is 0.401. The zero-order valence-corrected chi connectivity index (χ0v) is 12.2. The fourth-order valence-electron chi connectivity index (χ4n) is 5.68. The van der Waals surface area contributed by atoms with Crippen LogP contribution in [0.25, 0.3) is 0 Å². The van der Waals surface area contributed by atoms with E-state index >= 15 is 0 Å². The lowest BCUT2D eigenvalue weighted by atomic mass is 9.49. The smallest absolute Gasteiger partial charge is 0.0763 e. The average Bonchev–Trinajstić information content (AvgIpc) is 2.81. The van der Waals surface area contributed by atoms with Gasteiger partial charge in [0, 0.05) is 17.7 Å². The van der Waals surface area contributed by atoms with Crippen LogP contribution in [0.1, 0.15) is 49.9 Å². The lowest BCUT2D eigenvalue weighted by Gasteiger charge is -2.56. The van der Waals surface area contributed by atoms with Crippen LogP contribution in [0.2, 0.25) is 0 Å². The van der Waals surface area contributed by atoms with Gasteiger partial charge < -0.3 is 5.73 Å². The third-order valence-corrected chi connectivity index (χ3v) is 5.92. The quantitative estimate of drug-likeness (QED) is 0.856. The number of hydrogen-bond donors (Lipinski definition) is 1. The Bertz CT molecular complexity index is 493. The van der Waals surface area contributed by atoms with E-state index in [9.17, 15) is 0 Å². The van der Waals surface area contributed by atoms with Crippen molar-refractivity contribution < 1.29 is 0 Å². The summed E-state index contributed by atoms with van der Waals surface area (Å²) in [6, 6.07) is 2.29. The van der Waals surface area contributed by atoms with Crippen LogP contribution in [0.4, 0.5) is 0 Å². The van der Waals surface area contributed by atoms with E-state index < -0.39 is 0 Å². The second-order valence-electron chi connectivity index (χ2n) is 7.39. The molecule has 4 bridgehead atoms. The number of allylic oxidation sites excluding steroid dienone is 1. The number of nitrogens with two attached hydrogens (primary N) is 1. The van der Waals surface area contributed by atoms with E-state index in [4.69, 9.17) is 10.8 Å². The van der Waals surface area contributed by atoms with Gasteiger partial charge in [-0.3, -0.25) is 4.68 Å². The molecular formula is C17H25N3. The monoisotopic (exact) mass is 271 g/mol. The molecule has 0 spiro atoms. The first-order chi connectivity index (χ1) is 9.72. The van der Waals surface area contributed by atoms with E-state index in [0.29, 0.717) is 12.0 Å². The molecule has 3 heteroatoms. The Hall–Kier alpha value is -1.09. The van der Waals surface area contributed by atoms with Crippen molar-refractivity contribution >= 4 is 0 Å². The van der Waals surface area contributed by atoms with Crippen molar-refractivity contribution in [3.63, 3.8) is 0 Å². The van der Waals surface area contributed by atoms with E-state index in [-0.39, 0.29) is 0 Å². The molecule has 0 unspecified atom stereocenters. The maximum absolute atomic E-state index is 5.82. The van der Waals surface area contributed by atoms with Crippen molar-refractivity contribution in [3.8, 4) is 0 Å². The summed E-state index contributed by atoms with van der Waals surface area (Å²) in [5.74, 6) is 2.90. The highest BCUT2D eigenvalue weighted by Gasteiger charge is 2.52. The zero-order chi connectivity index (χ0) is 13.7. The van der Waals surface area contributed by atoms with Crippen molar-refractivity contribution in [1.29, 1.82) is 0 Å². The fraction of sp³-hybridized carbons (Fsp3) is 0.706. The molecule has 1 aromatic rings. The lowest BCUT2D eigenvalue weighted by Crippen LogP contribution is -2.49. The Balaban J connectivity index is 1.76. The molecule has 4 fully saturated rings. The summed E-state index contributed by atoms with van der Waals surface area (Å²) in [6.07, 6.45) is 10.6. The van der Waals surface area contributed by atoms with Gasteiger partial charge in [0.25, 0.3) is 0 Å². The van der Waals surface area contributed by atoms with Crippen LogP contribution in [0.5, 0.6) is 0 Å². The third-order valence-electron chi connectivity index (χ3n) is 5.92. The molecule has 108 valence electrons. The Morgan fingerprint density at radius 1 is 1.25 bits per heavy atom. The minimum absolute atomic E-state index is 0.401. The van der Waals surface area contributed by atoms with Crippen LogP contribution in [-0.4, -0.2) is 9.78 Å². The van der Waals surface area contributed by atoms with Crippen molar-refractivity contribution in [2.24, 2.45) is 23.5 Å². The summed E-state index contributed by atoms with van der Waals surface area (Å²) in [5.41, 5.74) is 8.71. The summed E-state index contributed by atoms with van der Waals surface area (Å²) in [4.78, 5) is 0. The maximum atomic E-state index is 5.82. The molecule has 20 heavy (non-hydrogen) atoms. The standard InChI is InChI=1S/C17H25N3/c1-2-3-20-16(7-15(11-18)19-20)17-8-12-4-13(9-17)6-14(5-12)10-17/h2,7,12-14H,1,3-6,8-11,18H2. The van der Waals surface area contributed by atoms with Gasteiger partial charge >= 0.3 is 0 Å². The summed E-state index contributed by atoms with van der Waals surface area (Å²) in [5, 5.41) is 4.70. The van der Waals surface area contributed by atoms with Crippen LogP contribution >= 0.6 is 0 Å². The van der Waals surface area contributed by atoms with E-state index in [2.05, 4.69) is 17.3 Å². The van der Waals surface area contributed by atoms with Gasteiger partial charge in [-0.15, -0.1) is 6.58 Å². The molecular weight excluding hydrogens is 246 g/mol.